The number of nitrogens with one attached hydrogen (secondary N) is 1. The van der Waals surface area contributed by atoms with Gasteiger partial charge in [-0.3, -0.25) is 4.79 Å². The van der Waals surface area contributed by atoms with E-state index in [4.69, 9.17) is 4.74 Å². The number of ether oxygens (including phenoxy) is 1. The van der Waals surface area contributed by atoms with Crippen LogP contribution in [0.3, 0.4) is 0 Å². The standard InChI is InChI=1S/C15H19FN4O2/c1-3-13(15-17-10-18-20(15)4-2)19-14(21)9-22-12-7-5-11(16)6-8-12/h5-8,10,13H,3-4,9H2,1-2H3,(H,19,21)/t13-/m1/s1. The Morgan fingerprint density at radius 3 is 2.73 bits per heavy atom. The van der Waals surface area contributed by atoms with Gasteiger partial charge >= 0.3 is 0 Å². The number of rotatable bonds is 7. The molecule has 22 heavy (non-hydrogen) atoms. The Morgan fingerprint density at radius 2 is 2.09 bits per heavy atom. The summed E-state index contributed by atoms with van der Waals surface area (Å²) in [6.07, 6.45) is 2.17. The van der Waals surface area contributed by atoms with E-state index in [0.717, 1.165) is 5.82 Å². The molecule has 1 aromatic heterocycles. The summed E-state index contributed by atoms with van der Waals surface area (Å²) in [5, 5.41) is 6.96. The lowest BCUT2D eigenvalue weighted by Crippen LogP contribution is -2.34. The predicted octanol–water partition coefficient (Wildman–Crippen LogP) is 2.08. The van der Waals surface area contributed by atoms with Crippen LogP contribution >= 0.6 is 0 Å². The van der Waals surface area contributed by atoms with E-state index in [1.54, 1.807) is 4.68 Å². The van der Waals surface area contributed by atoms with Crippen molar-refractivity contribution in [2.75, 3.05) is 6.61 Å². The Bertz CT molecular complexity index is 612. The van der Waals surface area contributed by atoms with E-state index >= 15 is 0 Å². The van der Waals surface area contributed by atoms with E-state index in [-0.39, 0.29) is 24.4 Å². The van der Waals surface area contributed by atoms with Crippen LogP contribution in [0.5, 0.6) is 5.75 Å². The van der Waals surface area contributed by atoms with Gasteiger partial charge in [0.15, 0.2) is 6.61 Å². The fraction of sp³-hybridized carbons (Fsp3) is 0.400. The van der Waals surface area contributed by atoms with Crippen molar-refractivity contribution in [2.24, 2.45) is 0 Å². The topological polar surface area (TPSA) is 69.0 Å². The van der Waals surface area contributed by atoms with Crippen LogP contribution in [0.15, 0.2) is 30.6 Å². The molecular weight excluding hydrogens is 287 g/mol. The number of aromatic nitrogens is 3. The van der Waals surface area contributed by atoms with Gasteiger partial charge in [0, 0.05) is 6.54 Å². The van der Waals surface area contributed by atoms with Crippen molar-refractivity contribution in [1.82, 2.24) is 20.1 Å². The Morgan fingerprint density at radius 1 is 1.36 bits per heavy atom. The molecule has 0 fully saturated rings. The molecule has 6 nitrogen and oxygen atoms in total. The second kappa shape index (κ2) is 7.53. The van der Waals surface area contributed by atoms with Gasteiger partial charge in [0.25, 0.3) is 5.91 Å². The highest BCUT2D eigenvalue weighted by Gasteiger charge is 2.18. The molecule has 0 aliphatic rings. The highest BCUT2D eigenvalue weighted by atomic mass is 19.1. The molecule has 1 atom stereocenters. The maximum absolute atomic E-state index is 12.8. The minimum absolute atomic E-state index is 0.137. The predicted molar refractivity (Wildman–Crippen MR) is 78.8 cm³/mol. The molecule has 2 rings (SSSR count). The summed E-state index contributed by atoms with van der Waals surface area (Å²) < 4.78 is 19.8. The van der Waals surface area contributed by atoms with Crippen LogP contribution in [-0.2, 0) is 11.3 Å². The molecule has 1 amide bonds. The van der Waals surface area contributed by atoms with Gasteiger partial charge in [0.1, 0.15) is 23.7 Å². The van der Waals surface area contributed by atoms with Crippen LogP contribution in [0.1, 0.15) is 32.1 Å². The zero-order valence-corrected chi connectivity index (χ0v) is 12.6. The number of carbonyl (C=O) groups excluding carboxylic acids is 1. The highest BCUT2D eigenvalue weighted by molar-refractivity contribution is 5.77. The smallest absolute Gasteiger partial charge is 0.258 e. The van der Waals surface area contributed by atoms with Gasteiger partial charge in [-0.1, -0.05) is 6.92 Å². The first-order valence-corrected chi connectivity index (χ1v) is 7.19. The summed E-state index contributed by atoms with van der Waals surface area (Å²) in [6, 6.07) is 5.31. The normalized spacial score (nSPS) is 12.0. The number of nitrogens with zero attached hydrogens (tertiary/aromatic N) is 3. The van der Waals surface area contributed by atoms with E-state index in [0.29, 0.717) is 18.7 Å². The minimum atomic E-state index is -0.346. The fourth-order valence-electron chi connectivity index (χ4n) is 2.05. The monoisotopic (exact) mass is 306 g/mol. The molecule has 0 aliphatic carbocycles. The van der Waals surface area contributed by atoms with Crippen molar-refractivity contribution in [3.05, 3.63) is 42.2 Å². The maximum Gasteiger partial charge on any atom is 0.258 e. The Hall–Kier alpha value is -2.44. The minimum Gasteiger partial charge on any atom is -0.484 e. The van der Waals surface area contributed by atoms with Crippen LogP contribution in [0, 0.1) is 5.82 Å². The van der Waals surface area contributed by atoms with Crippen LogP contribution in [-0.4, -0.2) is 27.3 Å². The summed E-state index contributed by atoms with van der Waals surface area (Å²) in [5.74, 6) is 0.560. The van der Waals surface area contributed by atoms with E-state index < -0.39 is 0 Å². The number of amides is 1. The average Bonchev–Trinajstić information content (AvgIpc) is 3.00. The molecule has 0 saturated heterocycles. The summed E-state index contributed by atoms with van der Waals surface area (Å²) in [6.45, 7) is 4.47. The molecule has 0 saturated carbocycles. The summed E-state index contributed by atoms with van der Waals surface area (Å²) in [5.41, 5.74) is 0. The van der Waals surface area contributed by atoms with E-state index in [9.17, 15) is 9.18 Å². The van der Waals surface area contributed by atoms with Crippen molar-refractivity contribution in [1.29, 1.82) is 0 Å². The van der Waals surface area contributed by atoms with Gasteiger partial charge < -0.3 is 10.1 Å². The lowest BCUT2D eigenvalue weighted by atomic mass is 10.2. The molecule has 0 unspecified atom stereocenters. The van der Waals surface area contributed by atoms with Crippen LogP contribution in [0.25, 0.3) is 0 Å². The number of benzene rings is 1. The molecular formula is C15H19FN4O2. The highest BCUT2D eigenvalue weighted by Crippen LogP contribution is 2.14. The Kier molecular flexibility index (Phi) is 5.46. The second-order valence-corrected chi connectivity index (χ2v) is 4.70. The van der Waals surface area contributed by atoms with E-state index in [1.165, 1.54) is 30.6 Å². The Balaban J connectivity index is 1.91. The van der Waals surface area contributed by atoms with Gasteiger partial charge in [-0.25, -0.2) is 14.1 Å². The molecule has 1 heterocycles. The molecule has 2 aromatic rings. The molecule has 0 radical (unpaired) electrons. The third-order valence-electron chi connectivity index (χ3n) is 3.18. The number of hydrogen-bond acceptors (Lipinski definition) is 4. The van der Waals surface area contributed by atoms with Gasteiger partial charge in [-0.15, -0.1) is 0 Å². The van der Waals surface area contributed by atoms with Gasteiger partial charge in [-0.05, 0) is 37.6 Å². The van der Waals surface area contributed by atoms with Gasteiger partial charge in [-0.2, -0.15) is 5.10 Å². The number of halogens is 1. The maximum atomic E-state index is 12.8. The van der Waals surface area contributed by atoms with E-state index in [1.807, 2.05) is 13.8 Å². The first-order valence-electron chi connectivity index (χ1n) is 7.19. The number of aryl methyl sites for hydroxylation is 1. The molecule has 1 N–H and O–H groups in total. The van der Waals surface area contributed by atoms with Crippen LogP contribution in [0.4, 0.5) is 4.39 Å². The summed E-state index contributed by atoms with van der Waals surface area (Å²) >= 11 is 0. The SMILES string of the molecule is CC[C@@H](NC(=O)COc1ccc(F)cc1)c1ncnn1CC. The zero-order valence-electron chi connectivity index (χ0n) is 12.6. The molecule has 0 bridgehead atoms. The van der Waals surface area contributed by atoms with Crippen LogP contribution < -0.4 is 10.1 Å². The quantitative estimate of drug-likeness (QED) is 0.850. The van der Waals surface area contributed by atoms with Gasteiger partial charge in [0.2, 0.25) is 0 Å². The van der Waals surface area contributed by atoms with Crippen molar-refractivity contribution < 1.29 is 13.9 Å². The first kappa shape index (κ1) is 15.9. The third kappa shape index (κ3) is 4.03. The molecule has 0 aliphatic heterocycles. The zero-order chi connectivity index (χ0) is 15.9. The number of carbonyl (C=O) groups is 1. The molecule has 118 valence electrons. The van der Waals surface area contributed by atoms with Crippen molar-refractivity contribution in [2.45, 2.75) is 32.9 Å². The molecule has 1 aromatic carbocycles. The second-order valence-electron chi connectivity index (χ2n) is 4.70. The summed E-state index contributed by atoms with van der Waals surface area (Å²) in [7, 11) is 0. The van der Waals surface area contributed by atoms with Gasteiger partial charge in [0.05, 0.1) is 6.04 Å². The fourth-order valence-corrected chi connectivity index (χ4v) is 2.05. The average molecular weight is 306 g/mol. The van der Waals surface area contributed by atoms with Crippen molar-refractivity contribution in [3.63, 3.8) is 0 Å². The molecule has 7 heteroatoms. The van der Waals surface area contributed by atoms with Crippen molar-refractivity contribution >= 4 is 5.91 Å². The summed E-state index contributed by atoms with van der Waals surface area (Å²) in [4.78, 5) is 16.2. The van der Waals surface area contributed by atoms with Crippen LogP contribution in [0.2, 0.25) is 0 Å². The van der Waals surface area contributed by atoms with Crippen molar-refractivity contribution in [3.8, 4) is 5.75 Å². The third-order valence-corrected chi connectivity index (χ3v) is 3.18. The lowest BCUT2D eigenvalue weighted by molar-refractivity contribution is -0.124. The Labute approximate surface area is 128 Å². The van der Waals surface area contributed by atoms with E-state index in [2.05, 4.69) is 15.4 Å². The number of hydrogen-bond donors (Lipinski definition) is 1. The molecule has 0 spiro atoms. The first-order chi connectivity index (χ1) is 10.6. The largest absolute Gasteiger partial charge is 0.484 e. The lowest BCUT2D eigenvalue weighted by Gasteiger charge is -2.17.